The summed E-state index contributed by atoms with van der Waals surface area (Å²) in [4.78, 5) is 13.2. The van der Waals surface area contributed by atoms with E-state index in [2.05, 4.69) is 5.32 Å². The van der Waals surface area contributed by atoms with Crippen LogP contribution in [0.1, 0.15) is 33.6 Å². The molecule has 1 N–H and O–H groups in total. The van der Waals surface area contributed by atoms with Gasteiger partial charge in [-0.2, -0.15) is 0 Å². The molecule has 0 saturated carbocycles. The molecule has 0 aromatic carbocycles. The lowest BCUT2D eigenvalue weighted by Gasteiger charge is -2.43. The van der Waals surface area contributed by atoms with E-state index in [9.17, 15) is 13.6 Å². The van der Waals surface area contributed by atoms with Crippen molar-refractivity contribution in [2.75, 3.05) is 26.2 Å². The van der Waals surface area contributed by atoms with Crippen molar-refractivity contribution in [2.24, 2.45) is 5.41 Å². The molecule has 1 spiro atoms. The maximum Gasteiger partial charge on any atom is 0.410 e. The van der Waals surface area contributed by atoms with Gasteiger partial charge in [-0.05, 0) is 33.7 Å². The van der Waals surface area contributed by atoms with Gasteiger partial charge in [0.25, 0.3) is 5.92 Å². The van der Waals surface area contributed by atoms with Gasteiger partial charge >= 0.3 is 6.09 Å². The van der Waals surface area contributed by atoms with Gasteiger partial charge in [-0.25, -0.2) is 13.6 Å². The molecule has 0 bridgehead atoms. The van der Waals surface area contributed by atoms with Crippen LogP contribution in [0.5, 0.6) is 0 Å². The SMILES string of the molecule is CC(C)(C)OC(=O)N1CC(F)(F)CC2(CCNC2)C1. The molecule has 1 unspecified atom stereocenters. The van der Waals surface area contributed by atoms with Crippen molar-refractivity contribution in [3.63, 3.8) is 0 Å². The Labute approximate surface area is 112 Å². The highest BCUT2D eigenvalue weighted by molar-refractivity contribution is 5.68. The number of piperidine rings is 1. The third kappa shape index (κ3) is 3.55. The van der Waals surface area contributed by atoms with Crippen LogP contribution in [-0.4, -0.2) is 48.7 Å². The van der Waals surface area contributed by atoms with E-state index < -0.39 is 29.6 Å². The Kier molecular flexibility index (Phi) is 3.49. The zero-order chi connectivity index (χ0) is 14.3. The summed E-state index contributed by atoms with van der Waals surface area (Å²) in [5.74, 6) is -2.83. The summed E-state index contributed by atoms with van der Waals surface area (Å²) in [6, 6.07) is 0. The highest BCUT2D eigenvalue weighted by atomic mass is 19.3. The molecule has 1 amide bonds. The fourth-order valence-corrected chi connectivity index (χ4v) is 2.94. The molecular formula is C13H22F2N2O2. The summed E-state index contributed by atoms with van der Waals surface area (Å²) >= 11 is 0. The Morgan fingerprint density at radius 2 is 2.00 bits per heavy atom. The summed E-state index contributed by atoms with van der Waals surface area (Å²) in [5.41, 5.74) is -1.16. The van der Waals surface area contributed by atoms with Crippen molar-refractivity contribution in [3.05, 3.63) is 0 Å². The van der Waals surface area contributed by atoms with E-state index in [0.29, 0.717) is 19.5 Å². The first-order valence-electron chi connectivity index (χ1n) is 6.67. The molecule has 110 valence electrons. The molecule has 2 saturated heterocycles. The Morgan fingerprint density at radius 3 is 2.53 bits per heavy atom. The van der Waals surface area contributed by atoms with Crippen molar-refractivity contribution in [3.8, 4) is 0 Å². The molecule has 0 aromatic rings. The molecular weight excluding hydrogens is 254 g/mol. The number of likely N-dealkylation sites (tertiary alicyclic amines) is 1. The second-order valence-corrected chi connectivity index (χ2v) is 6.80. The van der Waals surface area contributed by atoms with Crippen LogP contribution in [0.4, 0.5) is 13.6 Å². The average Bonchev–Trinajstić information content (AvgIpc) is 2.60. The zero-order valence-electron chi connectivity index (χ0n) is 11.8. The standard InChI is InChI=1S/C13H22F2N2O2/c1-11(2,3)19-10(18)17-8-12(4-5-16-7-12)6-13(14,15)9-17/h16H,4-9H2,1-3H3. The van der Waals surface area contributed by atoms with Crippen LogP contribution in [0.2, 0.25) is 0 Å². The lowest BCUT2D eigenvalue weighted by molar-refractivity contribution is -0.110. The van der Waals surface area contributed by atoms with Gasteiger partial charge in [-0.15, -0.1) is 0 Å². The second kappa shape index (κ2) is 4.58. The van der Waals surface area contributed by atoms with Gasteiger partial charge < -0.3 is 15.0 Å². The maximum atomic E-state index is 13.9. The van der Waals surface area contributed by atoms with Gasteiger partial charge in [0, 0.05) is 24.9 Å². The van der Waals surface area contributed by atoms with Crippen LogP contribution in [0.15, 0.2) is 0 Å². The number of hydrogen-bond acceptors (Lipinski definition) is 3. The monoisotopic (exact) mass is 276 g/mol. The van der Waals surface area contributed by atoms with E-state index in [-0.39, 0.29) is 6.42 Å². The van der Waals surface area contributed by atoms with E-state index in [1.807, 2.05) is 0 Å². The van der Waals surface area contributed by atoms with E-state index in [1.165, 1.54) is 4.90 Å². The molecule has 2 rings (SSSR count). The number of nitrogens with zero attached hydrogens (tertiary/aromatic N) is 1. The van der Waals surface area contributed by atoms with Crippen LogP contribution in [0, 0.1) is 5.41 Å². The first kappa shape index (κ1) is 14.5. The minimum absolute atomic E-state index is 0.147. The van der Waals surface area contributed by atoms with Crippen LogP contribution in [0.25, 0.3) is 0 Å². The van der Waals surface area contributed by atoms with E-state index in [1.54, 1.807) is 20.8 Å². The largest absolute Gasteiger partial charge is 0.444 e. The molecule has 2 fully saturated rings. The van der Waals surface area contributed by atoms with Gasteiger partial charge in [-0.3, -0.25) is 0 Å². The van der Waals surface area contributed by atoms with Crippen molar-refractivity contribution in [1.29, 1.82) is 0 Å². The molecule has 0 aromatic heterocycles. The maximum absolute atomic E-state index is 13.9. The molecule has 2 aliphatic rings. The van der Waals surface area contributed by atoms with Crippen molar-refractivity contribution >= 4 is 6.09 Å². The summed E-state index contributed by atoms with van der Waals surface area (Å²) in [6.45, 7) is 6.30. The van der Waals surface area contributed by atoms with E-state index >= 15 is 0 Å². The highest BCUT2D eigenvalue weighted by Crippen LogP contribution is 2.42. The van der Waals surface area contributed by atoms with Gasteiger partial charge in [0.05, 0.1) is 6.54 Å². The summed E-state index contributed by atoms with van der Waals surface area (Å²) in [6.07, 6.45) is -0.105. The molecule has 4 nitrogen and oxygen atoms in total. The van der Waals surface area contributed by atoms with Gasteiger partial charge in [0.2, 0.25) is 0 Å². The van der Waals surface area contributed by atoms with Crippen LogP contribution in [-0.2, 0) is 4.74 Å². The Hall–Kier alpha value is -0.910. The molecule has 6 heteroatoms. The summed E-state index contributed by atoms with van der Waals surface area (Å²) < 4.78 is 32.9. The zero-order valence-corrected chi connectivity index (χ0v) is 11.8. The van der Waals surface area contributed by atoms with Crippen LogP contribution >= 0.6 is 0 Å². The van der Waals surface area contributed by atoms with Crippen molar-refractivity contribution < 1.29 is 18.3 Å². The molecule has 2 aliphatic heterocycles. The quantitative estimate of drug-likeness (QED) is 0.738. The highest BCUT2D eigenvalue weighted by Gasteiger charge is 2.51. The lowest BCUT2D eigenvalue weighted by Crippen LogP contribution is -2.56. The second-order valence-electron chi connectivity index (χ2n) is 6.80. The third-order valence-electron chi connectivity index (χ3n) is 3.57. The smallest absolute Gasteiger partial charge is 0.410 e. The minimum Gasteiger partial charge on any atom is -0.444 e. The van der Waals surface area contributed by atoms with Crippen LogP contribution < -0.4 is 5.32 Å². The lowest BCUT2D eigenvalue weighted by atomic mass is 9.78. The fourth-order valence-electron chi connectivity index (χ4n) is 2.94. The van der Waals surface area contributed by atoms with Crippen molar-refractivity contribution in [2.45, 2.75) is 45.1 Å². The Morgan fingerprint density at radius 1 is 1.32 bits per heavy atom. The number of alkyl halides is 2. The molecule has 19 heavy (non-hydrogen) atoms. The average molecular weight is 276 g/mol. The van der Waals surface area contributed by atoms with Gasteiger partial charge in [0.1, 0.15) is 5.60 Å². The number of rotatable bonds is 0. The number of nitrogens with one attached hydrogen (secondary N) is 1. The number of ether oxygens (including phenoxy) is 1. The van der Waals surface area contributed by atoms with Gasteiger partial charge in [-0.1, -0.05) is 0 Å². The molecule has 2 heterocycles. The molecule has 1 atom stereocenters. The number of halogens is 2. The van der Waals surface area contributed by atoms with Crippen molar-refractivity contribution in [1.82, 2.24) is 10.2 Å². The Bertz CT molecular complexity index is 360. The number of amides is 1. The Balaban J connectivity index is 2.10. The predicted octanol–water partition coefficient (Wildman–Crippen LogP) is 2.24. The molecule has 0 radical (unpaired) electrons. The topological polar surface area (TPSA) is 41.6 Å². The number of carbonyl (C=O) groups excluding carboxylic acids is 1. The minimum atomic E-state index is -2.83. The summed E-state index contributed by atoms with van der Waals surface area (Å²) in [5, 5.41) is 3.12. The van der Waals surface area contributed by atoms with E-state index in [0.717, 1.165) is 6.54 Å². The summed E-state index contributed by atoms with van der Waals surface area (Å²) in [7, 11) is 0. The van der Waals surface area contributed by atoms with Gasteiger partial charge in [0.15, 0.2) is 0 Å². The molecule has 0 aliphatic carbocycles. The number of carbonyl (C=O) groups is 1. The van der Waals surface area contributed by atoms with Crippen LogP contribution in [0.3, 0.4) is 0 Å². The predicted molar refractivity (Wildman–Crippen MR) is 67.3 cm³/mol. The first-order chi connectivity index (χ1) is 8.61. The normalized spacial score (nSPS) is 30.7. The number of hydrogen-bond donors (Lipinski definition) is 1. The third-order valence-corrected chi connectivity index (χ3v) is 3.57. The first-order valence-corrected chi connectivity index (χ1v) is 6.67. The fraction of sp³-hybridized carbons (Fsp3) is 0.923. The van der Waals surface area contributed by atoms with E-state index in [4.69, 9.17) is 4.74 Å².